The Hall–Kier alpha value is -0.120. The van der Waals surface area contributed by atoms with E-state index in [1.165, 1.54) is 0 Å². The van der Waals surface area contributed by atoms with Crippen LogP contribution in [-0.4, -0.2) is 37.1 Å². The van der Waals surface area contributed by atoms with Crippen LogP contribution in [0.2, 0.25) is 0 Å². The summed E-state index contributed by atoms with van der Waals surface area (Å²) in [5.74, 6) is 0. The van der Waals surface area contributed by atoms with Gasteiger partial charge in [0.1, 0.15) is 11.2 Å². The van der Waals surface area contributed by atoms with E-state index in [2.05, 4.69) is 34.6 Å². The minimum atomic E-state index is -0.301. The van der Waals surface area contributed by atoms with E-state index < -0.39 is 0 Å². The third kappa shape index (κ3) is 1.05. The Labute approximate surface area is 98.4 Å². The largest absolute Gasteiger partial charge is 0.378 e. The highest BCUT2D eigenvalue weighted by Gasteiger charge is 2.79. The van der Waals surface area contributed by atoms with Gasteiger partial charge in [-0.1, -0.05) is 6.92 Å². The van der Waals surface area contributed by atoms with Crippen LogP contribution in [0.1, 0.15) is 41.0 Å². The second-order valence-electron chi connectivity index (χ2n) is 6.20. The molecule has 94 valence electrons. The van der Waals surface area contributed by atoms with Crippen LogP contribution in [0, 0.1) is 5.41 Å². The molecule has 2 aliphatic rings. The molecule has 1 saturated heterocycles. The fourth-order valence-corrected chi connectivity index (χ4v) is 3.50. The Morgan fingerprint density at radius 3 is 2.19 bits per heavy atom. The molecule has 0 aromatic heterocycles. The van der Waals surface area contributed by atoms with Gasteiger partial charge >= 0.3 is 0 Å². The molecular formula is C13H24O3. The van der Waals surface area contributed by atoms with Crippen LogP contribution in [0.3, 0.4) is 0 Å². The molecule has 0 N–H and O–H groups in total. The third-order valence-corrected chi connectivity index (χ3v) is 5.79. The molecule has 0 bridgehead atoms. The minimum absolute atomic E-state index is 0.0405. The molecule has 0 radical (unpaired) electrons. The Bertz CT molecular complexity index is 314. The lowest BCUT2D eigenvalue weighted by Gasteiger charge is -2.52. The van der Waals surface area contributed by atoms with E-state index in [1.54, 1.807) is 14.2 Å². The number of hydrogen-bond donors (Lipinski definition) is 0. The highest BCUT2D eigenvalue weighted by molar-refractivity contribution is 5.28. The summed E-state index contributed by atoms with van der Waals surface area (Å²) in [6, 6.07) is 0. The van der Waals surface area contributed by atoms with Crippen LogP contribution in [0.4, 0.5) is 0 Å². The van der Waals surface area contributed by atoms with Crippen LogP contribution >= 0.6 is 0 Å². The number of rotatable bonds is 3. The number of fused-ring (bicyclic) bond motifs is 1. The molecule has 3 heteroatoms. The maximum atomic E-state index is 5.85. The zero-order valence-electron chi connectivity index (χ0n) is 11.5. The van der Waals surface area contributed by atoms with Crippen LogP contribution in [0.15, 0.2) is 0 Å². The van der Waals surface area contributed by atoms with Crippen molar-refractivity contribution in [3.8, 4) is 0 Å². The highest BCUT2D eigenvalue weighted by atomic mass is 16.6. The molecule has 2 fully saturated rings. The molecule has 1 heterocycles. The van der Waals surface area contributed by atoms with E-state index in [1.807, 2.05) is 0 Å². The lowest BCUT2D eigenvalue weighted by Crippen LogP contribution is -2.60. The first-order valence-corrected chi connectivity index (χ1v) is 5.97. The van der Waals surface area contributed by atoms with E-state index in [9.17, 15) is 0 Å². The molecule has 1 aliphatic heterocycles. The Morgan fingerprint density at radius 1 is 1.19 bits per heavy atom. The topological polar surface area (TPSA) is 31.0 Å². The van der Waals surface area contributed by atoms with Gasteiger partial charge in [-0.3, -0.25) is 0 Å². The predicted molar refractivity (Wildman–Crippen MR) is 62.5 cm³/mol. The van der Waals surface area contributed by atoms with Gasteiger partial charge in [-0.05, 0) is 34.1 Å². The molecular weight excluding hydrogens is 204 g/mol. The van der Waals surface area contributed by atoms with Crippen molar-refractivity contribution in [2.75, 3.05) is 14.2 Å². The van der Waals surface area contributed by atoms with Crippen molar-refractivity contribution >= 4 is 0 Å². The van der Waals surface area contributed by atoms with E-state index in [0.29, 0.717) is 6.10 Å². The molecule has 1 aliphatic carbocycles. The molecule has 16 heavy (non-hydrogen) atoms. The van der Waals surface area contributed by atoms with Crippen molar-refractivity contribution in [1.82, 2.24) is 0 Å². The minimum Gasteiger partial charge on any atom is -0.378 e. The standard InChI is InChI=1S/C13H24O3/c1-10(2,14-6)11(3)8-9-12(4,16-9)13(11,5)15-7/h9H,8H2,1-7H3/t9?,11-,12-,13+/m0/s1. The summed E-state index contributed by atoms with van der Waals surface area (Å²) >= 11 is 0. The fraction of sp³-hybridized carbons (Fsp3) is 1.00. The average molecular weight is 228 g/mol. The van der Waals surface area contributed by atoms with Crippen LogP contribution < -0.4 is 0 Å². The molecule has 2 rings (SSSR count). The maximum absolute atomic E-state index is 5.85. The van der Waals surface area contributed by atoms with Crippen molar-refractivity contribution in [2.24, 2.45) is 5.41 Å². The van der Waals surface area contributed by atoms with Crippen molar-refractivity contribution in [1.29, 1.82) is 0 Å². The van der Waals surface area contributed by atoms with Crippen molar-refractivity contribution in [3.63, 3.8) is 0 Å². The first-order valence-electron chi connectivity index (χ1n) is 5.97. The Morgan fingerprint density at radius 2 is 1.75 bits per heavy atom. The summed E-state index contributed by atoms with van der Waals surface area (Å²) in [5, 5.41) is 0. The van der Waals surface area contributed by atoms with Crippen molar-refractivity contribution in [2.45, 2.75) is 63.9 Å². The van der Waals surface area contributed by atoms with Gasteiger partial charge < -0.3 is 14.2 Å². The van der Waals surface area contributed by atoms with E-state index in [4.69, 9.17) is 14.2 Å². The molecule has 0 amide bonds. The number of epoxide rings is 1. The molecule has 0 spiro atoms. The molecule has 1 unspecified atom stereocenters. The quantitative estimate of drug-likeness (QED) is 0.695. The van der Waals surface area contributed by atoms with E-state index in [-0.39, 0.29) is 22.2 Å². The predicted octanol–water partition coefficient (Wildman–Crippen LogP) is 2.38. The molecule has 1 saturated carbocycles. The van der Waals surface area contributed by atoms with Gasteiger partial charge in [0.25, 0.3) is 0 Å². The smallest absolute Gasteiger partial charge is 0.121 e. The van der Waals surface area contributed by atoms with Gasteiger partial charge in [-0.2, -0.15) is 0 Å². The Kier molecular flexibility index (Phi) is 2.32. The van der Waals surface area contributed by atoms with Gasteiger partial charge in [0, 0.05) is 19.6 Å². The summed E-state index contributed by atoms with van der Waals surface area (Å²) in [6.07, 6.45) is 1.31. The first-order chi connectivity index (χ1) is 7.18. The second kappa shape index (κ2) is 3.01. The van der Waals surface area contributed by atoms with Crippen LogP contribution in [0.25, 0.3) is 0 Å². The van der Waals surface area contributed by atoms with Gasteiger partial charge in [0.15, 0.2) is 0 Å². The maximum Gasteiger partial charge on any atom is 0.121 e. The normalized spacial score (nSPS) is 51.6. The van der Waals surface area contributed by atoms with Gasteiger partial charge in [-0.15, -0.1) is 0 Å². The van der Waals surface area contributed by atoms with E-state index >= 15 is 0 Å². The summed E-state index contributed by atoms with van der Waals surface area (Å²) in [7, 11) is 3.55. The number of ether oxygens (including phenoxy) is 3. The van der Waals surface area contributed by atoms with E-state index in [0.717, 1.165) is 6.42 Å². The summed E-state index contributed by atoms with van der Waals surface area (Å²) < 4.78 is 17.4. The lowest BCUT2D eigenvalue weighted by molar-refractivity contribution is -0.211. The van der Waals surface area contributed by atoms with Gasteiger partial charge in [0.2, 0.25) is 0 Å². The first kappa shape index (κ1) is 12.3. The van der Waals surface area contributed by atoms with Crippen molar-refractivity contribution < 1.29 is 14.2 Å². The van der Waals surface area contributed by atoms with Gasteiger partial charge in [-0.25, -0.2) is 0 Å². The van der Waals surface area contributed by atoms with Crippen molar-refractivity contribution in [3.05, 3.63) is 0 Å². The van der Waals surface area contributed by atoms with Gasteiger partial charge in [0.05, 0.1) is 11.7 Å². The SMILES string of the molecule is COC(C)(C)[C@]1(C)CC2O[C@]2(C)[C@]1(C)OC. The summed E-state index contributed by atoms with van der Waals surface area (Å²) in [6.45, 7) is 10.8. The van der Waals surface area contributed by atoms with Crippen LogP contribution in [0.5, 0.6) is 0 Å². The summed E-state index contributed by atoms with van der Waals surface area (Å²) in [5.41, 5.74) is -0.713. The molecule has 3 nitrogen and oxygen atoms in total. The molecule has 0 aromatic rings. The summed E-state index contributed by atoms with van der Waals surface area (Å²) in [4.78, 5) is 0. The monoisotopic (exact) mass is 228 g/mol. The Balaban J connectivity index is 2.44. The fourth-order valence-electron chi connectivity index (χ4n) is 3.50. The number of hydrogen-bond acceptors (Lipinski definition) is 3. The zero-order chi connectivity index (χ0) is 12.4. The number of methoxy groups -OCH3 is 2. The average Bonchev–Trinajstić information content (AvgIpc) is 2.84. The van der Waals surface area contributed by atoms with Crippen LogP contribution in [-0.2, 0) is 14.2 Å². The second-order valence-corrected chi connectivity index (χ2v) is 6.20. The highest BCUT2D eigenvalue weighted by Crippen LogP contribution is 2.68. The zero-order valence-corrected chi connectivity index (χ0v) is 11.5. The molecule has 0 aromatic carbocycles. The third-order valence-electron chi connectivity index (χ3n) is 5.79. The molecule has 4 atom stereocenters. The lowest BCUT2D eigenvalue weighted by atomic mass is 9.63.